The van der Waals surface area contributed by atoms with Gasteiger partial charge >= 0.3 is 0 Å². The Morgan fingerprint density at radius 2 is 2.28 bits per heavy atom. The SMILES string of the molecule is Cl.N[C@@H]1CCN(CCc2ccc3c(c2)CCO3)C1. The summed E-state index contributed by atoms with van der Waals surface area (Å²) >= 11 is 0. The third kappa shape index (κ3) is 2.97. The Bertz CT molecular complexity index is 411. The van der Waals surface area contributed by atoms with Crippen molar-refractivity contribution in [2.45, 2.75) is 25.3 Å². The van der Waals surface area contributed by atoms with Gasteiger partial charge in [-0.05, 0) is 36.6 Å². The summed E-state index contributed by atoms with van der Waals surface area (Å²) < 4.78 is 5.52. The van der Waals surface area contributed by atoms with Crippen LogP contribution < -0.4 is 10.5 Å². The van der Waals surface area contributed by atoms with Crippen molar-refractivity contribution >= 4 is 12.4 Å². The Morgan fingerprint density at radius 3 is 3.06 bits per heavy atom. The second-order valence-corrected chi connectivity index (χ2v) is 5.14. The largest absolute Gasteiger partial charge is 0.493 e. The third-order valence-corrected chi connectivity index (χ3v) is 3.78. The molecule has 0 amide bonds. The van der Waals surface area contributed by atoms with E-state index in [2.05, 4.69) is 23.1 Å². The number of rotatable bonds is 3. The van der Waals surface area contributed by atoms with Crippen LogP contribution in [0.2, 0.25) is 0 Å². The minimum Gasteiger partial charge on any atom is -0.493 e. The van der Waals surface area contributed by atoms with Gasteiger partial charge in [-0.15, -0.1) is 12.4 Å². The number of nitrogens with two attached hydrogens (primary N) is 1. The molecule has 1 aromatic carbocycles. The minimum atomic E-state index is 0. The molecule has 0 unspecified atom stereocenters. The lowest BCUT2D eigenvalue weighted by Crippen LogP contribution is -2.28. The Morgan fingerprint density at radius 1 is 1.39 bits per heavy atom. The average Bonchev–Trinajstić information content (AvgIpc) is 2.94. The zero-order chi connectivity index (χ0) is 11.7. The van der Waals surface area contributed by atoms with E-state index in [-0.39, 0.29) is 12.4 Å². The molecule has 1 atom stereocenters. The summed E-state index contributed by atoms with van der Waals surface area (Å²) in [5, 5.41) is 0. The molecule has 0 saturated carbocycles. The van der Waals surface area contributed by atoms with Gasteiger partial charge in [0.15, 0.2) is 0 Å². The first-order valence-corrected chi connectivity index (χ1v) is 6.54. The van der Waals surface area contributed by atoms with Gasteiger partial charge in [0, 0.05) is 25.6 Å². The number of benzene rings is 1. The van der Waals surface area contributed by atoms with Crippen LogP contribution in [0.5, 0.6) is 5.75 Å². The van der Waals surface area contributed by atoms with E-state index in [1.165, 1.54) is 11.1 Å². The highest BCUT2D eigenvalue weighted by atomic mass is 35.5. The lowest BCUT2D eigenvalue weighted by molar-refractivity contribution is 0.339. The van der Waals surface area contributed by atoms with Crippen LogP contribution in [0.25, 0.3) is 0 Å². The number of hydrogen-bond acceptors (Lipinski definition) is 3. The first kappa shape index (κ1) is 13.7. The highest BCUT2D eigenvalue weighted by Gasteiger charge is 2.18. The smallest absolute Gasteiger partial charge is 0.122 e. The molecular formula is C14H21ClN2O. The average molecular weight is 269 g/mol. The Kier molecular flexibility index (Phi) is 4.49. The zero-order valence-corrected chi connectivity index (χ0v) is 11.4. The molecule has 0 aliphatic carbocycles. The van der Waals surface area contributed by atoms with Gasteiger partial charge in [-0.3, -0.25) is 0 Å². The van der Waals surface area contributed by atoms with E-state index in [1.54, 1.807) is 0 Å². The fourth-order valence-corrected chi connectivity index (χ4v) is 2.75. The normalized spacial score (nSPS) is 22.4. The maximum Gasteiger partial charge on any atom is 0.122 e. The lowest BCUT2D eigenvalue weighted by Gasteiger charge is -2.15. The van der Waals surface area contributed by atoms with Crippen molar-refractivity contribution in [1.82, 2.24) is 4.90 Å². The standard InChI is InChI=1S/C14H20N2O.ClH/c15-13-4-7-16(10-13)6-3-11-1-2-14-12(9-11)5-8-17-14;/h1-2,9,13H,3-8,10,15H2;1H/t13-;/m1./s1. The molecule has 0 spiro atoms. The van der Waals surface area contributed by atoms with Crippen LogP contribution in [0.4, 0.5) is 0 Å². The van der Waals surface area contributed by atoms with E-state index in [4.69, 9.17) is 10.5 Å². The van der Waals surface area contributed by atoms with Crippen molar-refractivity contribution in [3.05, 3.63) is 29.3 Å². The van der Waals surface area contributed by atoms with E-state index in [1.807, 2.05) is 0 Å². The summed E-state index contributed by atoms with van der Waals surface area (Å²) in [6, 6.07) is 7.01. The summed E-state index contributed by atoms with van der Waals surface area (Å²) in [6.45, 7) is 4.20. The molecular weight excluding hydrogens is 248 g/mol. The molecule has 18 heavy (non-hydrogen) atoms. The fourth-order valence-electron chi connectivity index (χ4n) is 2.75. The highest BCUT2D eigenvalue weighted by Crippen LogP contribution is 2.26. The zero-order valence-electron chi connectivity index (χ0n) is 10.6. The van der Waals surface area contributed by atoms with Crippen molar-refractivity contribution in [2.75, 3.05) is 26.2 Å². The summed E-state index contributed by atoms with van der Waals surface area (Å²) in [4.78, 5) is 2.47. The van der Waals surface area contributed by atoms with E-state index in [0.29, 0.717) is 6.04 Å². The second-order valence-electron chi connectivity index (χ2n) is 5.14. The van der Waals surface area contributed by atoms with Crippen LogP contribution in [0.1, 0.15) is 17.5 Å². The van der Waals surface area contributed by atoms with Gasteiger partial charge in [0.1, 0.15) is 5.75 Å². The molecule has 3 rings (SSSR count). The number of ether oxygens (including phenoxy) is 1. The van der Waals surface area contributed by atoms with Crippen LogP contribution in [0, 0.1) is 0 Å². The van der Waals surface area contributed by atoms with Crippen LogP contribution in [-0.4, -0.2) is 37.2 Å². The molecule has 0 radical (unpaired) electrons. The summed E-state index contributed by atoms with van der Waals surface area (Å²) in [6.07, 6.45) is 3.34. The summed E-state index contributed by atoms with van der Waals surface area (Å²) in [7, 11) is 0. The number of likely N-dealkylation sites (tertiary alicyclic amines) is 1. The van der Waals surface area contributed by atoms with Crippen LogP contribution in [0.15, 0.2) is 18.2 Å². The number of halogens is 1. The molecule has 1 saturated heterocycles. The summed E-state index contributed by atoms with van der Waals surface area (Å²) in [5.41, 5.74) is 8.71. The Balaban J connectivity index is 0.00000120. The Labute approximate surface area is 115 Å². The van der Waals surface area contributed by atoms with Crippen LogP contribution in [0.3, 0.4) is 0 Å². The predicted octanol–water partition coefficient (Wildman–Crippen LogP) is 1.62. The maximum absolute atomic E-state index is 5.91. The van der Waals surface area contributed by atoms with Crippen LogP contribution >= 0.6 is 12.4 Å². The minimum absolute atomic E-state index is 0. The van der Waals surface area contributed by atoms with Crippen LogP contribution in [-0.2, 0) is 12.8 Å². The second kappa shape index (κ2) is 5.91. The third-order valence-electron chi connectivity index (χ3n) is 3.78. The fraction of sp³-hybridized carbons (Fsp3) is 0.571. The first-order valence-electron chi connectivity index (χ1n) is 6.54. The van der Waals surface area contributed by atoms with E-state index in [0.717, 1.165) is 51.3 Å². The predicted molar refractivity (Wildman–Crippen MR) is 75.6 cm³/mol. The van der Waals surface area contributed by atoms with Gasteiger partial charge in [0.2, 0.25) is 0 Å². The van der Waals surface area contributed by atoms with Crippen molar-refractivity contribution < 1.29 is 4.74 Å². The van der Waals surface area contributed by atoms with Gasteiger partial charge in [-0.1, -0.05) is 12.1 Å². The lowest BCUT2D eigenvalue weighted by atomic mass is 10.1. The quantitative estimate of drug-likeness (QED) is 0.905. The molecule has 2 aliphatic rings. The van der Waals surface area contributed by atoms with Gasteiger partial charge in [-0.2, -0.15) is 0 Å². The molecule has 0 aromatic heterocycles. The van der Waals surface area contributed by atoms with Crippen molar-refractivity contribution in [3.63, 3.8) is 0 Å². The molecule has 1 aromatic rings. The first-order chi connectivity index (χ1) is 8.31. The molecule has 100 valence electrons. The maximum atomic E-state index is 5.91. The van der Waals surface area contributed by atoms with Gasteiger partial charge in [-0.25, -0.2) is 0 Å². The van der Waals surface area contributed by atoms with Gasteiger partial charge in [0.25, 0.3) is 0 Å². The molecule has 4 heteroatoms. The molecule has 1 fully saturated rings. The van der Waals surface area contributed by atoms with Crippen molar-refractivity contribution in [1.29, 1.82) is 0 Å². The highest BCUT2D eigenvalue weighted by molar-refractivity contribution is 5.85. The molecule has 2 aliphatic heterocycles. The molecule has 2 heterocycles. The van der Waals surface area contributed by atoms with E-state index in [9.17, 15) is 0 Å². The number of nitrogens with zero attached hydrogens (tertiary/aromatic N) is 1. The van der Waals surface area contributed by atoms with Crippen molar-refractivity contribution in [3.8, 4) is 5.75 Å². The van der Waals surface area contributed by atoms with E-state index >= 15 is 0 Å². The summed E-state index contributed by atoms with van der Waals surface area (Å²) in [5.74, 6) is 1.08. The van der Waals surface area contributed by atoms with E-state index < -0.39 is 0 Å². The van der Waals surface area contributed by atoms with Gasteiger partial charge < -0.3 is 15.4 Å². The van der Waals surface area contributed by atoms with Gasteiger partial charge in [0.05, 0.1) is 6.61 Å². The monoisotopic (exact) mass is 268 g/mol. The Hall–Kier alpha value is -0.770. The molecule has 3 nitrogen and oxygen atoms in total. The number of fused-ring (bicyclic) bond motifs is 1. The molecule has 2 N–H and O–H groups in total. The topological polar surface area (TPSA) is 38.5 Å². The molecule has 0 bridgehead atoms. The van der Waals surface area contributed by atoms with Crippen molar-refractivity contribution in [2.24, 2.45) is 5.73 Å². The number of hydrogen-bond donors (Lipinski definition) is 1.